The van der Waals surface area contributed by atoms with Crippen LogP contribution in [-0.2, 0) is 4.79 Å². The lowest BCUT2D eigenvalue weighted by molar-refractivity contribution is -0.132. The predicted octanol–water partition coefficient (Wildman–Crippen LogP) is 1.51. The van der Waals surface area contributed by atoms with E-state index >= 15 is 0 Å². The largest absolute Gasteiger partial charge is 0.343 e. The van der Waals surface area contributed by atoms with Crippen molar-refractivity contribution in [1.29, 1.82) is 0 Å². The number of hydrogen-bond donors (Lipinski definition) is 0. The van der Waals surface area contributed by atoms with Crippen molar-refractivity contribution in [2.24, 2.45) is 11.8 Å². The van der Waals surface area contributed by atoms with Gasteiger partial charge in [0.15, 0.2) is 0 Å². The third kappa shape index (κ3) is 1.73. The van der Waals surface area contributed by atoms with Crippen LogP contribution in [0.1, 0.15) is 27.2 Å². The number of nitrogens with zero attached hydrogens (tertiary/aromatic N) is 1. The Balaban J connectivity index is 2.39. The Kier molecular flexibility index (Phi) is 2.53. The fourth-order valence-corrected chi connectivity index (χ4v) is 1.44. The van der Waals surface area contributed by atoms with Crippen LogP contribution in [0.5, 0.6) is 0 Å². The third-order valence-electron chi connectivity index (χ3n) is 2.50. The lowest BCUT2D eigenvalue weighted by Gasteiger charge is -2.18. The molecule has 1 amide bonds. The molecule has 1 fully saturated rings. The maximum atomic E-state index is 11.5. The van der Waals surface area contributed by atoms with Crippen molar-refractivity contribution in [2.45, 2.75) is 27.2 Å². The van der Waals surface area contributed by atoms with Crippen molar-refractivity contribution < 1.29 is 4.79 Å². The van der Waals surface area contributed by atoms with Gasteiger partial charge >= 0.3 is 0 Å². The fraction of sp³-hybridized carbons (Fsp3) is 0.889. The summed E-state index contributed by atoms with van der Waals surface area (Å²) >= 11 is 0. The molecule has 64 valence electrons. The van der Waals surface area contributed by atoms with E-state index in [0.717, 1.165) is 19.5 Å². The first-order chi connectivity index (χ1) is 5.20. The zero-order valence-electron chi connectivity index (χ0n) is 7.63. The lowest BCUT2D eigenvalue weighted by Crippen LogP contribution is -2.32. The first kappa shape index (κ1) is 8.57. The summed E-state index contributed by atoms with van der Waals surface area (Å²) in [6, 6.07) is 0. The normalized spacial score (nSPS) is 28.3. The molecule has 11 heavy (non-hydrogen) atoms. The molecule has 0 unspecified atom stereocenters. The molecular formula is C9H17NO. The van der Waals surface area contributed by atoms with Crippen LogP contribution in [0.15, 0.2) is 0 Å². The average molecular weight is 155 g/mol. The van der Waals surface area contributed by atoms with Crippen molar-refractivity contribution in [3.8, 4) is 0 Å². The maximum absolute atomic E-state index is 11.5. The van der Waals surface area contributed by atoms with Crippen molar-refractivity contribution in [3.05, 3.63) is 0 Å². The molecule has 0 aromatic rings. The molecule has 0 bridgehead atoms. The number of hydrogen-bond acceptors (Lipinski definition) is 1. The van der Waals surface area contributed by atoms with Crippen LogP contribution < -0.4 is 0 Å². The van der Waals surface area contributed by atoms with Crippen molar-refractivity contribution in [3.63, 3.8) is 0 Å². The highest BCUT2D eigenvalue weighted by Gasteiger charge is 2.40. The Labute approximate surface area is 68.6 Å². The molecule has 2 atom stereocenters. The van der Waals surface area contributed by atoms with Gasteiger partial charge < -0.3 is 4.90 Å². The molecular weight excluding hydrogens is 138 g/mol. The number of carbonyl (C=O) groups is 1. The van der Waals surface area contributed by atoms with Crippen LogP contribution in [0.4, 0.5) is 0 Å². The van der Waals surface area contributed by atoms with Gasteiger partial charge in [-0.15, -0.1) is 0 Å². The Morgan fingerprint density at radius 1 is 1.45 bits per heavy atom. The van der Waals surface area contributed by atoms with Gasteiger partial charge in [0.1, 0.15) is 0 Å². The third-order valence-corrected chi connectivity index (χ3v) is 2.50. The van der Waals surface area contributed by atoms with Gasteiger partial charge in [0, 0.05) is 19.0 Å². The minimum atomic E-state index is 0.356. The maximum Gasteiger partial charge on any atom is 0.225 e. The zero-order chi connectivity index (χ0) is 8.43. The van der Waals surface area contributed by atoms with E-state index in [2.05, 4.69) is 6.92 Å². The molecule has 2 nitrogen and oxygen atoms in total. The lowest BCUT2D eigenvalue weighted by atomic mass is 10.3. The highest BCUT2D eigenvalue weighted by atomic mass is 16.2. The molecule has 0 spiro atoms. The fourth-order valence-electron chi connectivity index (χ4n) is 1.44. The summed E-state index contributed by atoms with van der Waals surface area (Å²) in [7, 11) is 0. The second kappa shape index (κ2) is 3.24. The van der Waals surface area contributed by atoms with E-state index in [1.165, 1.54) is 0 Å². The summed E-state index contributed by atoms with van der Waals surface area (Å²) < 4.78 is 0. The van der Waals surface area contributed by atoms with Gasteiger partial charge in [0.05, 0.1) is 0 Å². The molecule has 0 aliphatic heterocycles. The molecule has 0 aromatic heterocycles. The van der Waals surface area contributed by atoms with Crippen molar-refractivity contribution >= 4 is 5.91 Å². The minimum Gasteiger partial charge on any atom is -0.343 e. The molecule has 2 heteroatoms. The molecule has 1 saturated carbocycles. The first-order valence-corrected chi connectivity index (χ1v) is 4.49. The molecule has 1 aliphatic carbocycles. The summed E-state index contributed by atoms with van der Waals surface area (Å²) in [4.78, 5) is 13.4. The molecule has 0 saturated heterocycles. The van der Waals surface area contributed by atoms with Crippen molar-refractivity contribution in [1.82, 2.24) is 4.90 Å². The number of amides is 1. The topological polar surface area (TPSA) is 20.3 Å². The monoisotopic (exact) mass is 155 g/mol. The van der Waals surface area contributed by atoms with Crippen molar-refractivity contribution in [2.75, 3.05) is 13.1 Å². The van der Waals surface area contributed by atoms with E-state index in [-0.39, 0.29) is 0 Å². The van der Waals surface area contributed by atoms with Gasteiger partial charge in [0.2, 0.25) is 5.91 Å². The number of carbonyl (C=O) groups excluding carboxylic acids is 1. The summed E-state index contributed by atoms with van der Waals surface area (Å²) in [6.45, 7) is 7.94. The van der Waals surface area contributed by atoms with E-state index in [9.17, 15) is 4.79 Å². The van der Waals surface area contributed by atoms with Crippen LogP contribution >= 0.6 is 0 Å². The minimum absolute atomic E-state index is 0.356. The Bertz CT molecular complexity index is 152. The molecule has 0 heterocycles. The van der Waals surface area contributed by atoms with E-state index in [1.807, 2.05) is 18.7 Å². The van der Waals surface area contributed by atoms with Gasteiger partial charge in [-0.25, -0.2) is 0 Å². The Morgan fingerprint density at radius 3 is 2.18 bits per heavy atom. The highest BCUT2D eigenvalue weighted by Crippen LogP contribution is 2.38. The SMILES string of the molecule is CCN(CC)C(=O)[C@H]1C[C@@H]1C. The van der Waals surface area contributed by atoms with E-state index in [1.54, 1.807) is 0 Å². The van der Waals surface area contributed by atoms with Crippen LogP contribution in [0.3, 0.4) is 0 Å². The summed E-state index contributed by atoms with van der Waals surface area (Å²) in [5.41, 5.74) is 0. The van der Waals surface area contributed by atoms with Crippen LogP contribution in [0, 0.1) is 11.8 Å². The predicted molar refractivity (Wildman–Crippen MR) is 45.2 cm³/mol. The highest BCUT2D eigenvalue weighted by molar-refractivity contribution is 5.81. The van der Waals surface area contributed by atoms with E-state index in [4.69, 9.17) is 0 Å². The zero-order valence-corrected chi connectivity index (χ0v) is 7.63. The molecule has 0 aromatic carbocycles. The van der Waals surface area contributed by atoms with Gasteiger partial charge in [-0.2, -0.15) is 0 Å². The summed E-state index contributed by atoms with van der Waals surface area (Å²) in [5, 5.41) is 0. The molecule has 0 radical (unpaired) electrons. The van der Waals surface area contributed by atoms with Gasteiger partial charge in [-0.1, -0.05) is 6.92 Å². The quantitative estimate of drug-likeness (QED) is 0.605. The van der Waals surface area contributed by atoms with Crippen LogP contribution in [0.2, 0.25) is 0 Å². The Hall–Kier alpha value is -0.530. The second-order valence-electron chi connectivity index (χ2n) is 3.33. The summed E-state index contributed by atoms with van der Waals surface area (Å²) in [5.74, 6) is 1.36. The molecule has 1 rings (SSSR count). The molecule has 1 aliphatic rings. The van der Waals surface area contributed by atoms with Gasteiger partial charge in [-0.3, -0.25) is 4.79 Å². The second-order valence-corrected chi connectivity index (χ2v) is 3.33. The Morgan fingerprint density at radius 2 is 1.91 bits per heavy atom. The van der Waals surface area contributed by atoms with Gasteiger partial charge in [0.25, 0.3) is 0 Å². The van der Waals surface area contributed by atoms with Crippen LogP contribution in [0.25, 0.3) is 0 Å². The average Bonchev–Trinajstić information content (AvgIpc) is 2.69. The molecule has 0 N–H and O–H groups in total. The van der Waals surface area contributed by atoms with Gasteiger partial charge in [-0.05, 0) is 26.2 Å². The first-order valence-electron chi connectivity index (χ1n) is 4.49. The van der Waals surface area contributed by atoms with E-state index < -0.39 is 0 Å². The smallest absolute Gasteiger partial charge is 0.225 e. The standard InChI is InChI=1S/C9H17NO/c1-4-10(5-2)9(11)8-6-7(8)3/h7-8H,4-6H2,1-3H3/t7-,8-/m0/s1. The van der Waals surface area contributed by atoms with E-state index in [0.29, 0.717) is 17.7 Å². The number of rotatable bonds is 3. The summed E-state index contributed by atoms with van der Waals surface area (Å²) in [6.07, 6.45) is 1.11. The van der Waals surface area contributed by atoms with Crippen LogP contribution in [-0.4, -0.2) is 23.9 Å².